The zero-order valence-corrected chi connectivity index (χ0v) is 17.2. The van der Waals surface area contributed by atoms with Crippen LogP contribution < -0.4 is 9.88 Å². The second-order valence-corrected chi connectivity index (χ2v) is 8.98. The largest absolute Gasteiger partial charge is 0.493 e. The van der Waals surface area contributed by atoms with Crippen molar-refractivity contribution < 1.29 is 13.2 Å². The van der Waals surface area contributed by atoms with Crippen LogP contribution in [0.5, 0.6) is 5.75 Å². The molecule has 0 radical (unpaired) electrons. The van der Waals surface area contributed by atoms with E-state index in [1.54, 1.807) is 17.8 Å². The van der Waals surface area contributed by atoms with Crippen molar-refractivity contribution in [3.05, 3.63) is 47.5 Å². The third-order valence-electron chi connectivity index (χ3n) is 4.11. The minimum Gasteiger partial charge on any atom is -0.493 e. The highest BCUT2D eigenvalue weighted by atomic mass is 32.2. The van der Waals surface area contributed by atoms with Crippen LogP contribution in [0, 0.1) is 13.8 Å². The average Bonchev–Trinajstić information content (AvgIpc) is 2.93. The van der Waals surface area contributed by atoms with E-state index in [-0.39, 0.29) is 4.90 Å². The highest BCUT2D eigenvalue weighted by molar-refractivity contribution is 7.99. The van der Waals surface area contributed by atoms with Gasteiger partial charge in [0.2, 0.25) is 10.0 Å². The van der Waals surface area contributed by atoms with Crippen molar-refractivity contribution in [2.24, 2.45) is 5.14 Å². The lowest BCUT2D eigenvalue weighted by molar-refractivity contribution is 0.343. The molecule has 144 valence electrons. The summed E-state index contributed by atoms with van der Waals surface area (Å²) in [6, 6.07) is 10.9. The first-order valence-electron chi connectivity index (χ1n) is 8.65. The molecule has 2 N–H and O–H groups in total. The molecule has 0 amide bonds. The summed E-state index contributed by atoms with van der Waals surface area (Å²) >= 11 is 1.58. The van der Waals surface area contributed by atoms with Crippen LogP contribution in [0.1, 0.15) is 18.1 Å². The molecular weight excluding hydrogens is 382 g/mol. The quantitative estimate of drug-likeness (QED) is 0.480. The number of fused-ring (bicyclic) bond motifs is 1. The molecule has 0 aliphatic carbocycles. The van der Waals surface area contributed by atoms with Crippen LogP contribution in [-0.4, -0.2) is 30.3 Å². The Morgan fingerprint density at radius 2 is 1.85 bits per heavy atom. The highest BCUT2D eigenvalue weighted by Crippen LogP contribution is 2.26. The second kappa shape index (κ2) is 7.92. The van der Waals surface area contributed by atoms with E-state index in [1.165, 1.54) is 23.3 Å². The van der Waals surface area contributed by atoms with Crippen LogP contribution >= 0.6 is 11.8 Å². The second-order valence-electron chi connectivity index (χ2n) is 6.35. The molecule has 0 aliphatic rings. The van der Waals surface area contributed by atoms with E-state index in [9.17, 15) is 8.42 Å². The number of sulfonamides is 1. The van der Waals surface area contributed by atoms with E-state index >= 15 is 0 Å². The maximum atomic E-state index is 11.6. The van der Waals surface area contributed by atoms with Crippen LogP contribution in [0.25, 0.3) is 11.0 Å². The average molecular weight is 406 g/mol. The molecule has 0 unspecified atom stereocenters. The van der Waals surface area contributed by atoms with Crippen molar-refractivity contribution >= 4 is 32.8 Å². The molecule has 27 heavy (non-hydrogen) atoms. The van der Waals surface area contributed by atoms with E-state index in [0.717, 1.165) is 28.7 Å². The van der Waals surface area contributed by atoms with E-state index in [1.807, 2.05) is 32.9 Å². The molecule has 1 heterocycles. The fourth-order valence-corrected chi connectivity index (χ4v) is 4.42. The number of thioether (sulfide) groups is 1. The van der Waals surface area contributed by atoms with Gasteiger partial charge in [-0.15, -0.1) is 0 Å². The molecule has 0 saturated heterocycles. The van der Waals surface area contributed by atoms with Gasteiger partial charge in [-0.25, -0.2) is 18.5 Å². The Labute approximate surface area is 163 Å². The fourth-order valence-electron chi connectivity index (χ4n) is 2.99. The van der Waals surface area contributed by atoms with E-state index in [2.05, 4.69) is 15.6 Å². The van der Waals surface area contributed by atoms with Crippen LogP contribution in [-0.2, 0) is 16.6 Å². The molecule has 6 nitrogen and oxygen atoms in total. The van der Waals surface area contributed by atoms with Crippen molar-refractivity contribution in [2.45, 2.75) is 37.4 Å². The summed E-state index contributed by atoms with van der Waals surface area (Å²) in [4.78, 5) is 4.66. The van der Waals surface area contributed by atoms with E-state index in [0.29, 0.717) is 12.1 Å². The number of hydrogen-bond donors (Lipinski definition) is 1. The normalized spacial score (nSPS) is 11.9. The smallest absolute Gasteiger partial charge is 0.238 e. The molecular formula is C19H23N3O3S2. The summed E-state index contributed by atoms with van der Waals surface area (Å²) in [6.07, 6.45) is 0. The lowest BCUT2D eigenvalue weighted by Gasteiger charge is -2.09. The molecule has 2 aromatic carbocycles. The zero-order valence-electron chi connectivity index (χ0n) is 15.6. The number of hydrogen-bond acceptors (Lipinski definition) is 5. The first-order chi connectivity index (χ1) is 12.8. The van der Waals surface area contributed by atoms with Crippen LogP contribution in [0.3, 0.4) is 0 Å². The Kier molecular flexibility index (Phi) is 5.78. The monoisotopic (exact) mass is 405 g/mol. The van der Waals surface area contributed by atoms with Crippen molar-refractivity contribution in [1.29, 1.82) is 0 Å². The van der Waals surface area contributed by atoms with Gasteiger partial charge in [0.15, 0.2) is 5.16 Å². The molecule has 0 spiro atoms. The Bertz CT molecular complexity index is 1050. The van der Waals surface area contributed by atoms with Gasteiger partial charge in [0, 0.05) is 12.3 Å². The lowest BCUT2D eigenvalue weighted by atomic mass is 10.1. The number of benzene rings is 2. The SMILES string of the molecule is CCn1c(SCCOc2cc(C)cc(C)c2)nc2cc(S(N)(=O)=O)ccc21. The molecule has 3 aromatic rings. The molecule has 0 bridgehead atoms. The minimum absolute atomic E-state index is 0.0745. The Hall–Kier alpha value is -2.03. The number of aromatic nitrogens is 2. The lowest BCUT2D eigenvalue weighted by Crippen LogP contribution is -2.11. The summed E-state index contributed by atoms with van der Waals surface area (Å²) in [5, 5.41) is 6.05. The molecule has 8 heteroatoms. The summed E-state index contributed by atoms with van der Waals surface area (Å²) in [7, 11) is -3.74. The van der Waals surface area contributed by atoms with Gasteiger partial charge in [-0.2, -0.15) is 0 Å². The van der Waals surface area contributed by atoms with Gasteiger partial charge >= 0.3 is 0 Å². The fraction of sp³-hybridized carbons (Fsp3) is 0.316. The third kappa shape index (κ3) is 4.63. The first kappa shape index (κ1) is 19.7. The third-order valence-corrected chi connectivity index (χ3v) is 5.96. The Balaban J connectivity index is 1.72. The number of ether oxygens (including phenoxy) is 1. The summed E-state index contributed by atoms with van der Waals surface area (Å²) in [5.74, 6) is 1.60. The van der Waals surface area contributed by atoms with Gasteiger partial charge in [-0.1, -0.05) is 17.8 Å². The van der Waals surface area contributed by atoms with Gasteiger partial charge in [0.1, 0.15) is 5.75 Å². The predicted molar refractivity (Wildman–Crippen MR) is 109 cm³/mol. The Morgan fingerprint density at radius 1 is 1.15 bits per heavy atom. The number of rotatable bonds is 7. The van der Waals surface area contributed by atoms with Gasteiger partial charge < -0.3 is 9.30 Å². The van der Waals surface area contributed by atoms with Crippen LogP contribution in [0.4, 0.5) is 0 Å². The minimum atomic E-state index is -3.74. The van der Waals surface area contributed by atoms with Crippen LogP contribution in [0.15, 0.2) is 46.5 Å². The van der Waals surface area contributed by atoms with Crippen molar-refractivity contribution in [2.75, 3.05) is 12.4 Å². The number of imidazole rings is 1. The standard InChI is InChI=1S/C19H23N3O3S2/c1-4-22-18-6-5-16(27(20,23)24)12-17(18)21-19(22)26-8-7-25-15-10-13(2)9-14(3)11-15/h5-6,9-12H,4,7-8H2,1-3H3,(H2,20,23,24). The molecule has 0 aliphatic heterocycles. The summed E-state index contributed by atoms with van der Waals surface area (Å²) in [5.41, 5.74) is 3.87. The topological polar surface area (TPSA) is 87.2 Å². The summed E-state index contributed by atoms with van der Waals surface area (Å²) in [6.45, 7) is 7.43. The van der Waals surface area contributed by atoms with E-state index < -0.39 is 10.0 Å². The van der Waals surface area contributed by atoms with Gasteiger partial charge in [-0.05, 0) is 62.2 Å². The summed E-state index contributed by atoms with van der Waals surface area (Å²) < 4.78 is 31.0. The van der Waals surface area contributed by atoms with Gasteiger partial charge in [0.25, 0.3) is 0 Å². The zero-order chi connectivity index (χ0) is 19.6. The van der Waals surface area contributed by atoms with Crippen molar-refractivity contribution in [3.8, 4) is 5.75 Å². The molecule has 0 atom stereocenters. The number of nitrogens with two attached hydrogens (primary N) is 1. The van der Waals surface area contributed by atoms with Gasteiger partial charge in [0.05, 0.1) is 22.5 Å². The maximum absolute atomic E-state index is 11.6. The van der Waals surface area contributed by atoms with E-state index in [4.69, 9.17) is 9.88 Å². The van der Waals surface area contributed by atoms with Crippen molar-refractivity contribution in [1.82, 2.24) is 9.55 Å². The first-order valence-corrected chi connectivity index (χ1v) is 11.2. The van der Waals surface area contributed by atoms with Crippen LogP contribution in [0.2, 0.25) is 0 Å². The Morgan fingerprint density at radius 3 is 2.48 bits per heavy atom. The predicted octanol–water partition coefficient (Wildman–Crippen LogP) is 3.49. The number of aryl methyl sites for hydroxylation is 3. The number of nitrogens with zero attached hydrogens (tertiary/aromatic N) is 2. The highest BCUT2D eigenvalue weighted by Gasteiger charge is 2.14. The molecule has 0 fully saturated rings. The maximum Gasteiger partial charge on any atom is 0.238 e. The van der Waals surface area contributed by atoms with Gasteiger partial charge in [-0.3, -0.25) is 0 Å². The molecule has 1 aromatic heterocycles. The molecule has 3 rings (SSSR count). The van der Waals surface area contributed by atoms with Crippen molar-refractivity contribution in [3.63, 3.8) is 0 Å². The molecule has 0 saturated carbocycles. The number of primary sulfonamides is 1.